The summed E-state index contributed by atoms with van der Waals surface area (Å²) < 4.78 is 25.7. The number of carbonyl (C=O) groups is 6. The van der Waals surface area contributed by atoms with E-state index in [0.717, 1.165) is 64.2 Å². The highest BCUT2D eigenvalue weighted by atomic mass is 17.4. The highest BCUT2D eigenvalue weighted by Crippen LogP contribution is 2.73. The molecule has 20 atom stereocenters. The summed E-state index contributed by atoms with van der Waals surface area (Å²) in [4.78, 5) is 104. The zero-order chi connectivity index (χ0) is 56.3. The van der Waals surface area contributed by atoms with Crippen LogP contribution in [0.4, 0.5) is 0 Å². The van der Waals surface area contributed by atoms with Gasteiger partial charge in [0.25, 0.3) is 0 Å². The first-order valence-corrected chi connectivity index (χ1v) is 30.8. The molecule has 16 heteroatoms. The molecule has 1 aliphatic heterocycles. The number of rotatable bonds is 16. The summed E-state index contributed by atoms with van der Waals surface area (Å²) in [6, 6.07) is 0. The van der Waals surface area contributed by atoms with Crippen LogP contribution in [0.2, 0.25) is 0 Å². The monoisotopic (exact) mass is 1090 g/mol. The molecule has 2 spiro atoms. The van der Waals surface area contributed by atoms with Crippen molar-refractivity contribution in [2.45, 2.75) is 247 Å². The van der Waals surface area contributed by atoms with Crippen molar-refractivity contribution in [1.29, 1.82) is 0 Å². The van der Waals surface area contributed by atoms with Crippen molar-refractivity contribution < 1.29 is 67.3 Å². The maximum Gasteiger partial charge on any atom is 0.302 e. The Morgan fingerprint density at radius 3 is 1.19 bits per heavy atom. The van der Waals surface area contributed by atoms with Gasteiger partial charge in [-0.3, -0.25) is 28.8 Å². The van der Waals surface area contributed by atoms with Crippen LogP contribution in [0.15, 0.2) is 0 Å². The Kier molecular flexibility index (Phi) is 17.3. The number of amides is 2. The molecule has 0 radical (unpaired) electrons. The van der Waals surface area contributed by atoms with E-state index in [1.165, 1.54) is 27.7 Å². The molecule has 9 fully saturated rings. The van der Waals surface area contributed by atoms with Crippen LogP contribution < -0.4 is 10.6 Å². The fourth-order valence-electron chi connectivity index (χ4n) is 20.0. The zero-order valence-electron chi connectivity index (χ0n) is 49.5. The molecule has 78 heavy (non-hydrogen) atoms. The Balaban J connectivity index is 0.912. The lowest BCUT2D eigenvalue weighted by Crippen LogP contribution is -2.66. The molecule has 1 heterocycles. The van der Waals surface area contributed by atoms with Gasteiger partial charge in [-0.25, -0.2) is 0 Å². The van der Waals surface area contributed by atoms with Crippen molar-refractivity contribution in [3.63, 3.8) is 0 Å². The van der Waals surface area contributed by atoms with Crippen molar-refractivity contribution in [2.24, 2.45) is 92.7 Å². The Morgan fingerprint density at radius 2 is 0.859 bits per heavy atom. The minimum Gasteiger partial charge on any atom is -0.462 e. The number of ether oxygens (including phenoxy) is 4. The third kappa shape index (κ3) is 10.7. The normalized spacial score (nSPS) is 44.9. The van der Waals surface area contributed by atoms with Gasteiger partial charge in [-0.05, 0) is 160 Å². The molecule has 0 bridgehead atoms. The summed E-state index contributed by atoms with van der Waals surface area (Å²) in [5.74, 6) is -1.96. The van der Waals surface area contributed by atoms with Gasteiger partial charge in [0.05, 0.1) is 0 Å². The molecule has 1 saturated heterocycles. The fourth-order valence-corrected chi connectivity index (χ4v) is 20.0. The summed E-state index contributed by atoms with van der Waals surface area (Å²) in [6.45, 7) is 25.3. The van der Waals surface area contributed by atoms with E-state index in [4.69, 9.17) is 38.5 Å². The predicted octanol–water partition coefficient (Wildman–Crippen LogP) is 10.7. The number of hydrogen-bond donors (Lipinski definition) is 2. The lowest BCUT2D eigenvalue weighted by atomic mass is 9.42. The van der Waals surface area contributed by atoms with E-state index in [-0.39, 0.29) is 153 Å². The van der Waals surface area contributed by atoms with E-state index in [1.807, 2.05) is 0 Å². The lowest BCUT2D eigenvalue weighted by molar-refractivity contribution is -0.667. The lowest BCUT2D eigenvalue weighted by Gasteiger charge is -2.66. The Hall–Kier alpha value is -3.34. The molecule has 9 aliphatic rings. The average Bonchev–Trinajstić information content (AvgIpc) is 3.29. The van der Waals surface area contributed by atoms with Gasteiger partial charge in [-0.15, -0.1) is 0 Å². The van der Waals surface area contributed by atoms with E-state index >= 15 is 0 Å². The van der Waals surface area contributed by atoms with Gasteiger partial charge in [-0.2, -0.15) is 19.6 Å². The third-order valence-electron chi connectivity index (χ3n) is 23.7. The Morgan fingerprint density at radius 1 is 0.500 bits per heavy atom. The quantitative estimate of drug-likeness (QED) is 0.0840. The molecule has 2 amide bonds. The van der Waals surface area contributed by atoms with Crippen LogP contribution in [-0.2, 0) is 67.3 Å². The highest BCUT2D eigenvalue weighted by Gasteiger charge is 2.72. The molecule has 440 valence electrons. The van der Waals surface area contributed by atoms with Crippen molar-refractivity contribution in [1.82, 2.24) is 10.6 Å². The van der Waals surface area contributed by atoms with E-state index in [0.29, 0.717) is 77.3 Å². The van der Waals surface area contributed by atoms with Gasteiger partial charge >= 0.3 is 23.9 Å². The zero-order valence-corrected chi connectivity index (χ0v) is 49.5. The number of carbonyl (C=O) groups excluding carboxylic acids is 6. The maximum atomic E-state index is 13.1. The molecule has 9 rings (SSSR count). The maximum absolute atomic E-state index is 13.1. The van der Waals surface area contributed by atoms with Crippen LogP contribution >= 0.6 is 0 Å². The van der Waals surface area contributed by atoms with Crippen LogP contribution in [0.25, 0.3) is 0 Å². The second kappa shape index (κ2) is 22.8. The van der Waals surface area contributed by atoms with Crippen LogP contribution in [0.3, 0.4) is 0 Å². The molecule has 0 aromatic carbocycles. The third-order valence-corrected chi connectivity index (χ3v) is 23.7. The van der Waals surface area contributed by atoms with Gasteiger partial charge in [0.1, 0.15) is 24.4 Å². The first kappa shape index (κ1) is 59.3. The Labute approximate surface area is 465 Å². The first-order chi connectivity index (χ1) is 36.9. The predicted molar refractivity (Wildman–Crippen MR) is 287 cm³/mol. The van der Waals surface area contributed by atoms with Gasteiger partial charge < -0.3 is 29.6 Å². The van der Waals surface area contributed by atoms with E-state index in [9.17, 15) is 28.8 Å². The van der Waals surface area contributed by atoms with Crippen molar-refractivity contribution >= 4 is 35.7 Å². The van der Waals surface area contributed by atoms with Crippen LogP contribution in [-0.4, -0.2) is 84.8 Å². The van der Waals surface area contributed by atoms with Crippen molar-refractivity contribution in [2.75, 3.05) is 13.1 Å². The summed E-state index contributed by atoms with van der Waals surface area (Å²) in [5.41, 5.74) is -1.18. The number of fused-ring (bicyclic) bond motifs is 10. The van der Waals surface area contributed by atoms with Gasteiger partial charge in [-0.1, -0.05) is 55.4 Å². The van der Waals surface area contributed by atoms with E-state index in [1.54, 1.807) is 0 Å². The van der Waals surface area contributed by atoms with E-state index in [2.05, 4.69) is 66.0 Å². The van der Waals surface area contributed by atoms with Crippen LogP contribution in [0, 0.1) is 92.7 Å². The van der Waals surface area contributed by atoms with Gasteiger partial charge in [0.2, 0.25) is 23.4 Å². The summed E-state index contributed by atoms with van der Waals surface area (Å²) >= 11 is 0. The minimum atomic E-state index is -1.20. The smallest absolute Gasteiger partial charge is 0.302 e. The van der Waals surface area contributed by atoms with Gasteiger partial charge in [0.15, 0.2) is 0 Å². The first-order valence-electron chi connectivity index (χ1n) is 30.8. The standard InChI is InChI=1S/C62H98N2O14/c1-13-27-63-53(69)21-15-35(3)43-17-19-45-55-47(31-51(59(43,45)11)73-39(7)67)57(9)23-25-61(33-41(57)29-49(55)71-37(5)65)75-77-62(78-76-61)26-24-58(10)42(34-62)30-50(72-38(6)66)56-46-20-18-44(36(4)16-22-54(70)64-28-14-2)60(46,12)52(32-48(56)58)74-40(8)68/h35-36,41-52,55-56H,13-34H2,1-12H3,(H,63,69)(H,64,70)/t35-,36-,41-,42-,43-,44-,45+,46+,47+,48+,49-,50-,51+,52+,55+,56+,57+,58+,59-,60-,61?,62?/m1/s1. The molecular weight excluding hydrogens is 997 g/mol. The second-order valence-corrected chi connectivity index (χ2v) is 27.8. The molecule has 0 unspecified atom stereocenters. The SMILES string of the molecule is CCCNC(=O)CC[C@@H](C)[C@H]1CC[C@H]2[C@@H]3[C@H](OC(C)=O)C[C@@H]4CC5(CC[C@]4(C)[C@H]3C[C@H](OC(C)=O)[C@]12C)OOC1(CC[C@@]2(C)[C@H](C[C@@H](OC(C)=O)[C@@H]3[C@@H]2C[C@H](OC(C)=O)[C@]2(C)[C@@H]([C@H](C)CCC(=O)NCCC)CC[C@@H]32)C1)OO5. The number of hydrogen-bond acceptors (Lipinski definition) is 14. The summed E-state index contributed by atoms with van der Waals surface area (Å²) in [5, 5.41) is 6.07. The van der Waals surface area contributed by atoms with Crippen LogP contribution in [0.1, 0.15) is 212 Å². The fraction of sp³-hybridized carbons (Fsp3) is 0.903. The van der Waals surface area contributed by atoms with Gasteiger partial charge in [0, 0.05) is 102 Å². The second-order valence-electron chi connectivity index (χ2n) is 27.8. The topological polar surface area (TPSA) is 200 Å². The molecule has 0 aromatic rings. The highest BCUT2D eigenvalue weighted by molar-refractivity contribution is 5.76. The largest absolute Gasteiger partial charge is 0.462 e. The average molecular weight is 1100 g/mol. The number of esters is 4. The Bertz CT molecular complexity index is 2080. The van der Waals surface area contributed by atoms with Crippen molar-refractivity contribution in [3.05, 3.63) is 0 Å². The summed E-state index contributed by atoms with van der Waals surface area (Å²) in [6.07, 6.45) is 12.6. The number of nitrogens with one attached hydrogen (secondary N) is 2. The van der Waals surface area contributed by atoms with E-state index < -0.39 is 11.6 Å². The molecule has 8 saturated carbocycles. The molecule has 8 aliphatic carbocycles. The molecular formula is C62H98N2O14. The molecule has 16 nitrogen and oxygen atoms in total. The summed E-state index contributed by atoms with van der Waals surface area (Å²) in [7, 11) is 0. The minimum absolute atomic E-state index is 0.00164. The molecule has 2 N–H and O–H groups in total. The van der Waals surface area contributed by atoms with Crippen molar-refractivity contribution in [3.8, 4) is 0 Å². The molecule has 0 aromatic heterocycles. The van der Waals surface area contributed by atoms with Crippen LogP contribution in [0.5, 0.6) is 0 Å².